The van der Waals surface area contributed by atoms with E-state index in [1.807, 2.05) is 5.70 Å². The average molecular weight is 331 g/mol. The summed E-state index contributed by atoms with van der Waals surface area (Å²) in [6.07, 6.45) is 21.9. The monoisotopic (exact) mass is 330 g/mol. The van der Waals surface area contributed by atoms with Crippen LogP contribution in [0, 0.1) is 11.8 Å². The van der Waals surface area contributed by atoms with Crippen LogP contribution in [0.4, 0.5) is 0 Å². The molecule has 0 radical (unpaired) electrons. The Hall–Kier alpha value is -0.660. The Bertz CT molecular complexity index is 437. The maximum Gasteiger partial charge on any atom is 0.0898 e. The van der Waals surface area contributed by atoms with Gasteiger partial charge in [-0.05, 0) is 38.5 Å². The van der Waals surface area contributed by atoms with Crippen molar-refractivity contribution in [2.24, 2.45) is 11.8 Å². The third-order valence-corrected chi connectivity index (χ3v) is 7.35. The van der Waals surface area contributed by atoms with E-state index in [2.05, 4.69) is 16.8 Å². The molecular formula is C22H38N2. The van der Waals surface area contributed by atoms with Gasteiger partial charge in [0, 0.05) is 36.3 Å². The largest absolute Gasteiger partial charge is 0.359 e. The van der Waals surface area contributed by atoms with E-state index >= 15 is 0 Å². The van der Waals surface area contributed by atoms with E-state index in [0.29, 0.717) is 0 Å². The van der Waals surface area contributed by atoms with Crippen LogP contribution in [0.3, 0.4) is 0 Å². The summed E-state index contributed by atoms with van der Waals surface area (Å²) in [5, 5.41) is 0. The normalized spacial score (nSPS) is 28.9. The molecule has 0 aromatic heterocycles. The molecule has 0 unspecified atom stereocenters. The molecule has 1 aliphatic heterocycles. The highest BCUT2D eigenvalue weighted by Crippen LogP contribution is 2.45. The Labute approximate surface area is 149 Å². The van der Waals surface area contributed by atoms with Crippen molar-refractivity contribution in [1.29, 1.82) is 0 Å². The highest BCUT2D eigenvalue weighted by Gasteiger charge is 2.39. The molecule has 4 aliphatic rings. The number of nitrogens with zero attached hydrogens (tertiary/aromatic N) is 2. The standard InChI is InChI=1S/C22H38N2/c1-23-17-24(20-15-9-4-10-16-20)22(19-13-7-3-8-14-19)21(23)18-11-5-2-6-12-18/h18-20H,2-17H2,1H3. The Morgan fingerprint density at radius 2 is 1.04 bits per heavy atom. The summed E-state index contributed by atoms with van der Waals surface area (Å²) in [5.41, 5.74) is 3.64. The van der Waals surface area contributed by atoms with Crippen LogP contribution < -0.4 is 0 Å². The van der Waals surface area contributed by atoms with Crippen molar-refractivity contribution in [3.63, 3.8) is 0 Å². The molecule has 3 aliphatic carbocycles. The fourth-order valence-corrected chi connectivity index (χ4v) is 6.14. The van der Waals surface area contributed by atoms with Gasteiger partial charge in [-0.3, -0.25) is 0 Å². The minimum atomic E-state index is 0.846. The fraction of sp³-hybridized carbons (Fsp3) is 0.909. The molecule has 0 bridgehead atoms. The second kappa shape index (κ2) is 7.70. The average Bonchev–Trinajstić information content (AvgIpc) is 3.01. The van der Waals surface area contributed by atoms with E-state index < -0.39 is 0 Å². The lowest BCUT2D eigenvalue weighted by atomic mass is 9.80. The molecule has 0 amide bonds. The third kappa shape index (κ3) is 3.35. The van der Waals surface area contributed by atoms with Gasteiger partial charge in [0.15, 0.2) is 0 Å². The molecule has 4 rings (SSSR count). The van der Waals surface area contributed by atoms with Crippen LogP contribution in [-0.2, 0) is 0 Å². The lowest BCUT2D eigenvalue weighted by Gasteiger charge is -2.38. The molecule has 0 N–H and O–H groups in total. The Kier molecular flexibility index (Phi) is 5.39. The van der Waals surface area contributed by atoms with Crippen molar-refractivity contribution in [3.05, 3.63) is 11.4 Å². The Balaban J connectivity index is 1.64. The van der Waals surface area contributed by atoms with Crippen molar-refractivity contribution in [1.82, 2.24) is 9.80 Å². The van der Waals surface area contributed by atoms with Crippen LogP contribution in [0.25, 0.3) is 0 Å². The summed E-state index contributed by atoms with van der Waals surface area (Å²) in [4.78, 5) is 5.59. The van der Waals surface area contributed by atoms with E-state index in [4.69, 9.17) is 0 Å². The van der Waals surface area contributed by atoms with Gasteiger partial charge < -0.3 is 9.80 Å². The predicted molar refractivity (Wildman–Crippen MR) is 102 cm³/mol. The maximum atomic E-state index is 2.92. The van der Waals surface area contributed by atoms with Gasteiger partial charge in [-0.15, -0.1) is 0 Å². The SMILES string of the molecule is CN1CN(C2CCCCC2)C(C2CCCCC2)=C1C1CCCCC1. The summed E-state index contributed by atoms with van der Waals surface area (Å²) in [5.74, 6) is 1.75. The lowest BCUT2D eigenvalue weighted by molar-refractivity contribution is 0.153. The molecule has 3 saturated carbocycles. The molecule has 1 heterocycles. The predicted octanol–water partition coefficient (Wildman–Crippen LogP) is 5.90. The van der Waals surface area contributed by atoms with Crippen molar-refractivity contribution in [2.75, 3.05) is 13.7 Å². The summed E-state index contributed by atoms with van der Waals surface area (Å²) >= 11 is 0. The molecule has 0 saturated heterocycles. The smallest absolute Gasteiger partial charge is 0.0898 e. The number of hydrogen-bond acceptors (Lipinski definition) is 2. The first kappa shape index (κ1) is 16.8. The van der Waals surface area contributed by atoms with E-state index in [9.17, 15) is 0 Å². The zero-order valence-corrected chi connectivity index (χ0v) is 15.9. The zero-order chi connectivity index (χ0) is 16.4. The van der Waals surface area contributed by atoms with E-state index in [1.54, 1.807) is 5.70 Å². The molecule has 3 fully saturated rings. The molecule has 24 heavy (non-hydrogen) atoms. The number of hydrogen-bond donors (Lipinski definition) is 0. The van der Waals surface area contributed by atoms with Crippen LogP contribution in [0.2, 0.25) is 0 Å². The topological polar surface area (TPSA) is 6.48 Å². The van der Waals surface area contributed by atoms with Crippen molar-refractivity contribution >= 4 is 0 Å². The van der Waals surface area contributed by atoms with Gasteiger partial charge in [0.05, 0.1) is 6.67 Å². The zero-order valence-electron chi connectivity index (χ0n) is 15.9. The van der Waals surface area contributed by atoms with Crippen molar-refractivity contribution < 1.29 is 0 Å². The second-order valence-electron chi connectivity index (χ2n) is 9.04. The van der Waals surface area contributed by atoms with Gasteiger partial charge in [0.1, 0.15) is 0 Å². The summed E-state index contributed by atoms with van der Waals surface area (Å²) < 4.78 is 0. The van der Waals surface area contributed by atoms with Gasteiger partial charge in [0.2, 0.25) is 0 Å². The molecule has 0 aromatic rings. The number of allylic oxidation sites excluding steroid dienone is 2. The molecular weight excluding hydrogens is 292 g/mol. The highest BCUT2D eigenvalue weighted by atomic mass is 15.4. The minimum absolute atomic E-state index is 0.846. The maximum absolute atomic E-state index is 2.92. The van der Waals surface area contributed by atoms with E-state index in [1.165, 1.54) is 103 Å². The summed E-state index contributed by atoms with van der Waals surface area (Å²) in [6, 6.07) is 0.846. The molecule has 2 heteroatoms. The summed E-state index contributed by atoms with van der Waals surface area (Å²) in [7, 11) is 2.40. The van der Waals surface area contributed by atoms with Crippen LogP contribution in [0.15, 0.2) is 11.4 Å². The summed E-state index contributed by atoms with van der Waals surface area (Å²) in [6.45, 7) is 1.20. The van der Waals surface area contributed by atoms with Crippen molar-refractivity contribution in [3.8, 4) is 0 Å². The first-order chi connectivity index (χ1) is 11.8. The Morgan fingerprint density at radius 3 is 1.58 bits per heavy atom. The van der Waals surface area contributed by atoms with Gasteiger partial charge in [-0.1, -0.05) is 57.8 Å². The minimum Gasteiger partial charge on any atom is -0.359 e. The van der Waals surface area contributed by atoms with Gasteiger partial charge in [0.25, 0.3) is 0 Å². The van der Waals surface area contributed by atoms with Crippen LogP contribution >= 0.6 is 0 Å². The molecule has 0 aromatic carbocycles. The quantitative estimate of drug-likeness (QED) is 0.636. The number of rotatable bonds is 3. The lowest BCUT2D eigenvalue weighted by Crippen LogP contribution is -2.38. The first-order valence-electron chi connectivity index (χ1n) is 11.1. The van der Waals surface area contributed by atoms with Gasteiger partial charge in [-0.2, -0.15) is 0 Å². The van der Waals surface area contributed by atoms with E-state index in [-0.39, 0.29) is 0 Å². The molecule has 2 nitrogen and oxygen atoms in total. The molecule has 0 atom stereocenters. The fourth-order valence-electron chi connectivity index (χ4n) is 6.14. The highest BCUT2D eigenvalue weighted by molar-refractivity contribution is 5.24. The van der Waals surface area contributed by atoms with Crippen LogP contribution in [0.5, 0.6) is 0 Å². The van der Waals surface area contributed by atoms with Crippen molar-refractivity contribution in [2.45, 2.75) is 102 Å². The van der Waals surface area contributed by atoms with E-state index in [0.717, 1.165) is 17.9 Å². The molecule has 136 valence electrons. The van der Waals surface area contributed by atoms with Crippen LogP contribution in [-0.4, -0.2) is 29.6 Å². The van der Waals surface area contributed by atoms with Crippen LogP contribution in [0.1, 0.15) is 96.3 Å². The Morgan fingerprint density at radius 1 is 0.583 bits per heavy atom. The van der Waals surface area contributed by atoms with Gasteiger partial charge in [-0.25, -0.2) is 0 Å². The second-order valence-corrected chi connectivity index (χ2v) is 9.04. The van der Waals surface area contributed by atoms with Gasteiger partial charge >= 0.3 is 0 Å². The molecule has 0 spiro atoms. The first-order valence-corrected chi connectivity index (χ1v) is 11.1. The third-order valence-electron chi connectivity index (χ3n) is 7.35.